The van der Waals surface area contributed by atoms with E-state index in [0.717, 1.165) is 13.2 Å². The molecule has 1 heterocycles. The molecule has 0 spiro atoms. The molecule has 0 saturated heterocycles. The van der Waals surface area contributed by atoms with Crippen LogP contribution in [0.15, 0.2) is 18.7 Å². The van der Waals surface area contributed by atoms with Crippen LogP contribution in [0.4, 0.5) is 0 Å². The molecule has 76 valence electrons. The van der Waals surface area contributed by atoms with E-state index in [2.05, 4.69) is 4.98 Å². The van der Waals surface area contributed by atoms with Gasteiger partial charge in [0, 0.05) is 18.9 Å². The predicted octanol–water partition coefficient (Wildman–Crippen LogP) is 2.33. The van der Waals surface area contributed by atoms with Gasteiger partial charge in [-0.05, 0) is 13.8 Å². The summed E-state index contributed by atoms with van der Waals surface area (Å²) >= 11 is 0. The minimum Gasteiger partial charge on any atom is -0.377 e. The van der Waals surface area contributed by atoms with Gasteiger partial charge in [0.1, 0.15) is 0 Å². The summed E-state index contributed by atoms with van der Waals surface area (Å²) in [7, 11) is 0. The van der Waals surface area contributed by atoms with Crippen LogP contribution < -0.4 is 0 Å². The maximum absolute atomic E-state index is 5.37. The molecule has 0 N–H and O–H groups in total. The van der Waals surface area contributed by atoms with Crippen LogP contribution in [-0.4, -0.2) is 22.3 Å². The summed E-state index contributed by atoms with van der Waals surface area (Å²) in [6.45, 7) is 9.72. The second-order valence-corrected chi connectivity index (χ2v) is 2.72. The molecule has 0 bridgehead atoms. The molecule has 3 nitrogen and oxygen atoms in total. The molecule has 0 atom stereocenters. The third kappa shape index (κ3) is 6.34. The maximum Gasteiger partial charge on any atom is 0.0946 e. The van der Waals surface area contributed by atoms with Crippen molar-refractivity contribution in [3.63, 3.8) is 0 Å². The molecule has 0 aliphatic rings. The molecule has 13 heavy (non-hydrogen) atoms. The second-order valence-electron chi connectivity index (χ2n) is 2.72. The fourth-order valence-electron chi connectivity index (χ4n) is 0.813. The Balaban J connectivity index is 0.000000671. The van der Waals surface area contributed by atoms with E-state index in [1.807, 2.05) is 38.5 Å². The van der Waals surface area contributed by atoms with E-state index in [0.29, 0.717) is 6.10 Å². The monoisotopic (exact) mass is 184 g/mol. The van der Waals surface area contributed by atoms with Crippen molar-refractivity contribution in [2.45, 2.75) is 40.3 Å². The molecule has 0 amide bonds. The van der Waals surface area contributed by atoms with Gasteiger partial charge in [-0.3, -0.25) is 0 Å². The van der Waals surface area contributed by atoms with Crippen LogP contribution in [0.25, 0.3) is 0 Å². The second kappa shape index (κ2) is 7.80. The molecular formula is C10H20N2O. The highest BCUT2D eigenvalue weighted by Gasteiger charge is 1.92. The lowest BCUT2D eigenvalue weighted by molar-refractivity contribution is 0.0727. The van der Waals surface area contributed by atoms with Crippen molar-refractivity contribution < 1.29 is 4.74 Å². The van der Waals surface area contributed by atoms with Crippen molar-refractivity contribution >= 4 is 0 Å². The zero-order valence-corrected chi connectivity index (χ0v) is 9.03. The first-order valence-electron chi connectivity index (χ1n) is 4.86. The van der Waals surface area contributed by atoms with E-state index < -0.39 is 0 Å². The Kier molecular flexibility index (Phi) is 7.30. The highest BCUT2D eigenvalue weighted by Crippen LogP contribution is 1.90. The molecule has 0 aliphatic carbocycles. The summed E-state index contributed by atoms with van der Waals surface area (Å²) in [5, 5.41) is 0. The summed E-state index contributed by atoms with van der Waals surface area (Å²) in [6, 6.07) is 0. The molecule has 1 aromatic rings. The van der Waals surface area contributed by atoms with Crippen LogP contribution in [0, 0.1) is 0 Å². The number of imidazole rings is 1. The standard InChI is InChI=1S/C8H14N2O.C2H6/c1-8(2)11-6-5-10-4-3-9-7-10;1-2/h3-4,7-8H,5-6H2,1-2H3;1-2H3. The van der Waals surface area contributed by atoms with Crippen LogP contribution in [-0.2, 0) is 11.3 Å². The first kappa shape index (κ1) is 12.2. The molecule has 1 rings (SSSR count). The maximum atomic E-state index is 5.37. The number of nitrogens with zero attached hydrogens (tertiary/aromatic N) is 2. The Hall–Kier alpha value is -0.830. The molecule has 0 saturated carbocycles. The summed E-state index contributed by atoms with van der Waals surface area (Å²) in [4.78, 5) is 3.93. The van der Waals surface area contributed by atoms with Gasteiger partial charge in [-0.25, -0.2) is 4.98 Å². The van der Waals surface area contributed by atoms with E-state index >= 15 is 0 Å². The average Bonchev–Trinajstić information content (AvgIpc) is 2.60. The molecule has 0 radical (unpaired) electrons. The van der Waals surface area contributed by atoms with Gasteiger partial charge in [0.2, 0.25) is 0 Å². The topological polar surface area (TPSA) is 27.1 Å². The van der Waals surface area contributed by atoms with Crippen LogP contribution in [0.1, 0.15) is 27.7 Å². The van der Waals surface area contributed by atoms with Gasteiger partial charge in [-0.15, -0.1) is 0 Å². The molecule has 0 aliphatic heterocycles. The van der Waals surface area contributed by atoms with Gasteiger partial charge in [0.15, 0.2) is 0 Å². The number of ether oxygens (including phenoxy) is 1. The summed E-state index contributed by atoms with van der Waals surface area (Å²) in [6.07, 6.45) is 5.82. The highest BCUT2D eigenvalue weighted by atomic mass is 16.5. The van der Waals surface area contributed by atoms with E-state index in [9.17, 15) is 0 Å². The largest absolute Gasteiger partial charge is 0.377 e. The molecule has 0 fully saturated rings. The molecule has 0 unspecified atom stereocenters. The third-order valence-electron chi connectivity index (χ3n) is 1.36. The zero-order valence-electron chi connectivity index (χ0n) is 9.03. The summed E-state index contributed by atoms with van der Waals surface area (Å²) in [5.41, 5.74) is 0. The zero-order chi connectivity index (χ0) is 10.1. The van der Waals surface area contributed by atoms with Crippen molar-refractivity contribution in [3.05, 3.63) is 18.7 Å². The molecule has 0 aromatic carbocycles. The van der Waals surface area contributed by atoms with Crippen LogP contribution in [0.5, 0.6) is 0 Å². The van der Waals surface area contributed by atoms with Crippen LogP contribution in [0.2, 0.25) is 0 Å². The Labute approximate surface area is 80.7 Å². The fourth-order valence-corrected chi connectivity index (χ4v) is 0.813. The van der Waals surface area contributed by atoms with Gasteiger partial charge in [-0.2, -0.15) is 0 Å². The van der Waals surface area contributed by atoms with E-state index in [-0.39, 0.29) is 0 Å². The van der Waals surface area contributed by atoms with Crippen molar-refractivity contribution in [1.29, 1.82) is 0 Å². The van der Waals surface area contributed by atoms with Crippen molar-refractivity contribution in [3.8, 4) is 0 Å². The first-order valence-corrected chi connectivity index (χ1v) is 4.86. The molecule has 1 aromatic heterocycles. The lowest BCUT2D eigenvalue weighted by atomic mass is 10.5. The van der Waals surface area contributed by atoms with E-state index in [4.69, 9.17) is 4.74 Å². The number of hydrogen-bond acceptors (Lipinski definition) is 2. The number of rotatable bonds is 4. The lowest BCUT2D eigenvalue weighted by Gasteiger charge is -2.06. The van der Waals surface area contributed by atoms with Gasteiger partial charge in [0.25, 0.3) is 0 Å². The minimum atomic E-state index is 0.318. The lowest BCUT2D eigenvalue weighted by Crippen LogP contribution is -2.09. The van der Waals surface area contributed by atoms with Crippen LogP contribution in [0.3, 0.4) is 0 Å². The molecular weight excluding hydrogens is 164 g/mol. The fraction of sp³-hybridized carbons (Fsp3) is 0.700. The Morgan fingerprint density at radius 3 is 2.54 bits per heavy atom. The van der Waals surface area contributed by atoms with E-state index in [1.165, 1.54) is 0 Å². The Morgan fingerprint density at radius 1 is 1.38 bits per heavy atom. The van der Waals surface area contributed by atoms with Crippen LogP contribution >= 0.6 is 0 Å². The van der Waals surface area contributed by atoms with Gasteiger partial charge < -0.3 is 9.30 Å². The van der Waals surface area contributed by atoms with Gasteiger partial charge in [0.05, 0.1) is 19.0 Å². The summed E-state index contributed by atoms with van der Waals surface area (Å²) < 4.78 is 7.37. The van der Waals surface area contributed by atoms with Gasteiger partial charge in [-0.1, -0.05) is 13.8 Å². The molecule has 3 heteroatoms. The Bertz CT molecular complexity index is 183. The van der Waals surface area contributed by atoms with E-state index in [1.54, 1.807) is 12.5 Å². The van der Waals surface area contributed by atoms with Crippen molar-refractivity contribution in [2.75, 3.05) is 6.61 Å². The third-order valence-corrected chi connectivity index (χ3v) is 1.36. The quantitative estimate of drug-likeness (QED) is 0.718. The SMILES string of the molecule is CC.CC(C)OCCn1ccnc1. The normalized spacial score (nSPS) is 9.62. The summed E-state index contributed by atoms with van der Waals surface area (Å²) in [5.74, 6) is 0. The number of aromatic nitrogens is 2. The average molecular weight is 184 g/mol. The predicted molar refractivity (Wildman–Crippen MR) is 54.7 cm³/mol. The first-order chi connectivity index (χ1) is 6.29. The smallest absolute Gasteiger partial charge is 0.0946 e. The van der Waals surface area contributed by atoms with Crippen molar-refractivity contribution in [2.24, 2.45) is 0 Å². The number of hydrogen-bond donors (Lipinski definition) is 0. The van der Waals surface area contributed by atoms with Gasteiger partial charge >= 0.3 is 0 Å². The highest BCUT2D eigenvalue weighted by molar-refractivity contribution is 4.73. The Morgan fingerprint density at radius 2 is 2.08 bits per heavy atom. The minimum absolute atomic E-state index is 0.318. The van der Waals surface area contributed by atoms with Crippen molar-refractivity contribution in [1.82, 2.24) is 9.55 Å².